The summed E-state index contributed by atoms with van der Waals surface area (Å²) in [6.07, 6.45) is 4.41. The average molecular weight is 279 g/mol. The average Bonchev–Trinajstić information content (AvgIpc) is 2.42. The van der Waals surface area contributed by atoms with Crippen LogP contribution in [0.1, 0.15) is 25.3 Å². The first-order valence-electron chi connectivity index (χ1n) is 6.66. The van der Waals surface area contributed by atoms with Crippen LogP contribution in [0.5, 0.6) is 0 Å². The van der Waals surface area contributed by atoms with E-state index in [9.17, 15) is 4.79 Å². The summed E-state index contributed by atoms with van der Waals surface area (Å²) in [5.74, 6) is 1.84. The zero-order valence-corrected chi connectivity index (χ0v) is 12.3. The number of carbonyl (C=O) groups excluding carboxylic acids is 1. The molecule has 0 heterocycles. The molecule has 0 aromatic heterocycles. The monoisotopic (exact) mass is 279 g/mol. The minimum atomic E-state index is -0.289. The molecule has 3 nitrogen and oxygen atoms in total. The zero-order chi connectivity index (χ0) is 13.9. The molecule has 1 atom stereocenters. The number of primary amides is 1. The van der Waals surface area contributed by atoms with Gasteiger partial charge in [0, 0.05) is 5.75 Å². The lowest BCUT2D eigenvalue weighted by Crippen LogP contribution is -2.39. The van der Waals surface area contributed by atoms with E-state index in [1.165, 1.54) is 5.56 Å². The summed E-state index contributed by atoms with van der Waals surface area (Å²) in [7, 11) is 0. The van der Waals surface area contributed by atoms with Gasteiger partial charge in [-0.05, 0) is 44.0 Å². The van der Waals surface area contributed by atoms with Crippen LogP contribution in [0.25, 0.3) is 0 Å². The lowest BCUT2D eigenvalue weighted by molar-refractivity contribution is -0.119. The van der Waals surface area contributed by atoms with Crippen molar-refractivity contribution in [2.24, 2.45) is 5.73 Å². The van der Waals surface area contributed by atoms with E-state index in [4.69, 9.17) is 5.73 Å². The van der Waals surface area contributed by atoms with Gasteiger partial charge in [0.05, 0.1) is 6.04 Å². The van der Waals surface area contributed by atoms with E-state index >= 15 is 0 Å². The minimum absolute atomic E-state index is 0.229. The molecule has 4 heteroatoms. The Hall–Kier alpha value is -1.00. The summed E-state index contributed by atoms with van der Waals surface area (Å²) in [5, 5.41) is 3.10. The Morgan fingerprint density at radius 3 is 2.84 bits per heavy atom. The van der Waals surface area contributed by atoms with Crippen LogP contribution in [0.4, 0.5) is 0 Å². The summed E-state index contributed by atoms with van der Waals surface area (Å²) in [5.41, 5.74) is 6.53. The van der Waals surface area contributed by atoms with E-state index in [1.807, 2.05) is 17.8 Å². The minimum Gasteiger partial charge on any atom is -0.368 e. The highest BCUT2D eigenvalue weighted by atomic mass is 32.2. The van der Waals surface area contributed by atoms with Crippen LogP contribution in [-0.2, 0) is 10.5 Å². The number of amides is 1. The maximum Gasteiger partial charge on any atom is 0.234 e. The summed E-state index contributed by atoms with van der Waals surface area (Å²) in [6, 6.07) is 10.3. The van der Waals surface area contributed by atoms with Crippen molar-refractivity contribution in [1.82, 2.24) is 5.32 Å². The van der Waals surface area contributed by atoms with Crippen molar-refractivity contribution in [2.45, 2.75) is 31.6 Å². The van der Waals surface area contributed by atoms with Crippen molar-refractivity contribution < 1.29 is 4.79 Å². The third kappa shape index (κ3) is 7.90. The summed E-state index contributed by atoms with van der Waals surface area (Å²) in [4.78, 5) is 10.8. The van der Waals surface area contributed by atoms with E-state index in [0.29, 0.717) is 0 Å². The van der Waals surface area contributed by atoms with Gasteiger partial charge in [0.25, 0.3) is 0 Å². The molecule has 0 bridgehead atoms. The third-order valence-electron chi connectivity index (χ3n) is 2.81. The Labute approximate surface area is 120 Å². The van der Waals surface area contributed by atoms with Crippen molar-refractivity contribution in [3.05, 3.63) is 42.3 Å². The smallest absolute Gasteiger partial charge is 0.234 e. The highest BCUT2D eigenvalue weighted by Crippen LogP contribution is 2.13. The van der Waals surface area contributed by atoms with Gasteiger partial charge in [0.2, 0.25) is 5.91 Å². The molecule has 1 radical (unpaired) electrons. The first-order chi connectivity index (χ1) is 9.20. The lowest BCUT2D eigenvalue weighted by Gasteiger charge is -2.09. The van der Waals surface area contributed by atoms with Gasteiger partial charge < -0.3 is 11.1 Å². The van der Waals surface area contributed by atoms with Crippen molar-refractivity contribution in [1.29, 1.82) is 0 Å². The van der Waals surface area contributed by atoms with Crippen LogP contribution in [-0.4, -0.2) is 24.2 Å². The maximum absolute atomic E-state index is 10.8. The number of nitrogens with one attached hydrogen (secondary N) is 1. The SMILES string of the molecule is CC(NCCC[CH]CSCc1ccccc1)C(N)=O. The number of hydrogen-bond acceptors (Lipinski definition) is 3. The molecule has 0 saturated carbocycles. The topological polar surface area (TPSA) is 55.1 Å². The second-order valence-electron chi connectivity index (χ2n) is 4.51. The fraction of sp³-hybridized carbons (Fsp3) is 0.467. The molecule has 3 N–H and O–H groups in total. The Kier molecular flexibility index (Phi) is 8.34. The van der Waals surface area contributed by atoms with Crippen LogP contribution in [0.2, 0.25) is 0 Å². The molecule has 0 aliphatic rings. The van der Waals surface area contributed by atoms with Crippen LogP contribution in [0.15, 0.2) is 30.3 Å². The van der Waals surface area contributed by atoms with Crippen molar-refractivity contribution in [2.75, 3.05) is 12.3 Å². The van der Waals surface area contributed by atoms with Gasteiger partial charge in [0.1, 0.15) is 0 Å². The van der Waals surface area contributed by atoms with Gasteiger partial charge in [-0.3, -0.25) is 4.79 Å². The third-order valence-corrected chi connectivity index (χ3v) is 3.82. The number of hydrogen-bond donors (Lipinski definition) is 2. The highest BCUT2D eigenvalue weighted by molar-refractivity contribution is 7.98. The van der Waals surface area contributed by atoms with E-state index in [0.717, 1.165) is 30.9 Å². The predicted octanol–water partition coefficient (Wildman–Crippen LogP) is 2.37. The number of thioether (sulfide) groups is 1. The second-order valence-corrected chi connectivity index (χ2v) is 5.54. The van der Waals surface area contributed by atoms with E-state index in [2.05, 4.69) is 36.0 Å². The van der Waals surface area contributed by atoms with Gasteiger partial charge in [-0.2, -0.15) is 11.8 Å². The first kappa shape index (κ1) is 16.1. The normalized spacial score (nSPS) is 12.3. The Balaban J connectivity index is 1.90. The molecular weight excluding hydrogens is 256 g/mol. The molecule has 0 aliphatic heterocycles. The van der Waals surface area contributed by atoms with Gasteiger partial charge in [-0.15, -0.1) is 0 Å². The van der Waals surface area contributed by atoms with Crippen LogP contribution >= 0.6 is 11.8 Å². The molecule has 1 rings (SSSR count). The zero-order valence-electron chi connectivity index (χ0n) is 11.5. The summed E-state index contributed by atoms with van der Waals surface area (Å²) < 4.78 is 0. The fourth-order valence-electron chi connectivity index (χ4n) is 1.58. The molecule has 0 saturated heterocycles. The molecule has 0 fully saturated rings. The molecular formula is C15H23N2OS. The Morgan fingerprint density at radius 1 is 1.42 bits per heavy atom. The Morgan fingerprint density at radius 2 is 2.16 bits per heavy atom. The van der Waals surface area contributed by atoms with Gasteiger partial charge >= 0.3 is 0 Å². The molecule has 0 aliphatic carbocycles. The number of benzene rings is 1. The second kappa shape index (κ2) is 9.87. The molecule has 1 unspecified atom stereocenters. The molecule has 1 aromatic carbocycles. The van der Waals surface area contributed by atoms with E-state index in [1.54, 1.807) is 6.92 Å². The summed E-state index contributed by atoms with van der Waals surface area (Å²) in [6.45, 7) is 2.63. The molecule has 105 valence electrons. The highest BCUT2D eigenvalue weighted by Gasteiger charge is 2.05. The Bertz CT molecular complexity index is 356. The van der Waals surface area contributed by atoms with Crippen LogP contribution < -0.4 is 11.1 Å². The van der Waals surface area contributed by atoms with Gasteiger partial charge in [0.15, 0.2) is 0 Å². The quantitative estimate of drug-likeness (QED) is 0.647. The van der Waals surface area contributed by atoms with Crippen molar-refractivity contribution in [3.8, 4) is 0 Å². The van der Waals surface area contributed by atoms with E-state index < -0.39 is 0 Å². The predicted molar refractivity (Wildman–Crippen MR) is 82.8 cm³/mol. The standard InChI is InChI=1S/C15H23N2OS/c1-13(15(16)18)17-10-6-3-7-11-19-12-14-8-4-2-5-9-14/h2,4-5,7-9,13,17H,3,6,10-12H2,1H3,(H2,16,18). The first-order valence-corrected chi connectivity index (χ1v) is 7.81. The lowest BCUT2D eigenvalue weighted by atomic mass is 10.2. The molecule has 1 aromatic rings. The van der Waals surface area contributed by atoms with E-state index in [-0.39, 0.29) is 11.9 Å². The molecule has 19 heavy (non-hydrogen) atoms. The number of nitrogens with two attached hydrogens (primary N) is 1. The fourth-order valence-corrected chi connectivity index (χ4v) is 2.46. The van der Waals surface area contributed by atoms with Crippen LogP contribution in [0.3, 0.4) is 0 Å². The summed E-state index contributed by atoms with van der Waals surface area (Å²) >= 11 is 1.93. The number of rotatable bonds is 10. The van der Waals surface area contributed by atoms with Crippen molar-refractivity contribution >= 4 is 17.7 Å². The van der Waals surface area contributed by atoms with Gasteiger partial charge in [-0.25, -0.2) is 0 Å². The van der Waals surface area contributed by atoms with Gasteiger partial charge in [-0.1, -0.05) is 30.3 Å². The maximum atomic E-state index is 10.8. The van der Waals surface area contributed by atoms with Crippen LogP contribution in [0, 0.1) is 6.42 Å². The largest absolute Gasteiger partial charge is 0.368 e. The number of carbonyl (C=O) groups is 1. The molecule has 0 spiro atoms. The van der Waals surface area contributed by atoms with Crippen molar-refractivity contribution in [3.63, 3.8) is 0 Å². The number of unbranched alkanes of at least 4 members (excludes halogenated alkanes) is 2. The molecule has 1 amide bonds.